The smallest absolute Gasteiger partial charge is 0.239 e. The summed E-state index contributed by atoms with van der Waals surface area (Å²) in [7, 11) is 1.75. The quantitative estimate of drug-likeness (QED) is 0.867. The van der Waals surface area contributed by atoms with Gasteiger partial charge in [0.15, 0.2) is 0 Å². The Hall–Kier alpha value is -1.87. The molecule has 1 aromatic rings. The Bertz CT molecular complexity index is 559. The van der Waals surface area contributed by atoms with Gasteiger partial charge in [-0.05, 0) is 33.1 Å². The van der Waals surface area contributed by atoms with Crippen molar-refractivity contribution in [3.05, 3.63) is 17.5 Å². The van der Waals surface area contributed by atoms with Crippen LogP contribution in [0.15, 0.2) is 6.20 Å². The van der Waals surface area contributed by atoms with Gasteiger partial charge in [0.05, 0.1) is 24.7 Å². The summed E-state index contributed by atoms with van der Waals surface area (Å²) in [5, 5.41) is 16.5. The van der Waals surface area contributed by atoms with E-state index >= 15 is 0 Å². The van der Waals surface area contributed by atoms with Crippen LogP contribution in [0.2, 0.25) is 0 Å². The molecule has 0 radical (unpaired) electrons. The molecule has 1 aliphatic carbocycles. The highest BCUT2D eigenvalue weighted by Crippen LogP contribution is 2.30. The van der Waals surface area contributed by atoms with E-state index < -0.39 is 0 Å². The van der Waals surface area contributed by atoms with Crippen LogP contribution in [0.4, 0.5) is 0 Å². The van der Waals surface area contributed by atoms with Crippen molar-refractivity contribution < 1.29 is 4.79 Å². The van der Waals surface area contributed by atoms with Crippen molar-refractivity contribution in [3.63, 3.8) is 0 Å². The first kappa shape index (κ1) is 16.5. The molecule has 1 aliphatic rings. The van der Waals surface area contributed by atoms with Gasteiger partial charge in [0.25, 0.3) is 0 Å². The molecule has 0 bridgehead atoms. The second-order valence-corrected chi connectivity index (χ2v) is 5.86. The SMILES string of the molecule is CCn1ncc2c1CCC[C@H]2N[C@@H](C)C(=O)N(C)CCC#N. The number of rotatable bonds is 6. The van der Waals surface area contributed by atoms with Crippen LogP contribution in [0.25, 0.3) is 0 Å². The van der Waals surface area contributed by atoms with E-state index in [1.807, 2.05) is 13.1 Å². The van der Waals surface area contributed by atoms with E-state index in [9.17, 15) is 4.79 Å². The van der Waals surface area contributed by atoms with Gasteiger partial charge in [-0.15, -0.1) is 0 Å². The van der Waals surface area contributed by atoms with E-state index in [-0.39, 0.29) is 18.0 Å². The van der Waals surface area contributed by atoms with Crippen LogP contribution in [0.5, 0.6) is 0 Å². The third kappa shape index (κ3) is 3.47. The largest absolute Gasteiger partial charge is 0.343 e. The van der Waals surface area contributed by atoms with Gasteiger partial charge in [-0.3, -0.25) is 14.8 Å². The van der Waals surface area contributed by atoms with Gasteiger partial charge < -0.3 is 4.90 Å². The maximum Gasteiger partial charge on any atom is 0.239 e. The molecule has 0 aliphatic heterocycles. The van der Waals surface area contributed by atoms with Crippen molar-refractivity contribution >= 4 is 5.91 Å². The second-order valence-electron chi connectivity index (χ2n) is 5.86. The van der Waals surface area contributed by atoms with Crippen LogP contribution in [0.1, 0.15) is 50.4 Å². The van der Waals surface area contributed by atoms with Crippen LogP contribution in [-0.2, 0) is 17.8 Å². The van der Waals surface area contributed by atoms with Crippen LogP contribution in [0, 0.1) is 11.3 Å². The molecule has 6 heteroatoms. The molecule has 1 aromatic heterocycles. The molecule has 22 heavy (non-hydrogen) atoms. The Morgan fingerprint density at radius 1 is 1.68 bits per heavy atom. The molecule has 120 valence electrons. The van der Waals surface area contributed by atoms with Crippen molar-refractivity contribution in [3.8, 4) is 6.07 Å². The molecular weight excluding hydrogens is 278 g/mol. The number of likely N-dealkylation sites (N-methyl/N-ethyl adjacent to an activating group) is 1. The van der Waals surface area contributed by atoms with Crippen molar-refractivity contribution in [2.75, 3.05) is 13.6 Å². The summed E-state index contributed by atoms with van der Waals surface area (Å²) in [6.07, 6.45) is 5.51. The van der Waals surface area contributed by atoms with Gasteiger partial charge in [0.1, 0.15) is 0 Å². The van der Waals surface area contributed by atoms with E-state index in [1.54, 1.807) is 11.9 Å². The van der Waals surface area contributed by atoms with E-state index in [4.69, 9.17) is 5.26 Å². The summed E-state index contributed by atoms with van der Waals surface area (Å²) in [5.41, 5.74) is 2.52. The van der Waals surface area contributed by atoms with Gasteiger partial charge >= 0.3 is 0 Å². The molecule has 0 spiro atoms. The highest BCUT2D eigenvalue weighted by molar-refractivity contribution is 5.81. The first-order chi connectivity index (χ1) is 10.6. The molecule has 0 unspecified atom stereocenters. The molecule has 2 rings (SSSR count). The monoisotopic (exact) mass is 303 g/mol. The maximum absolute atomic E-state index is 12.3. The van der Waals surface area contributed by atoms with Gasteiger partial charge in [-0.1, -0.05) is 0 Å². The number of aromatic nitrogens is 2. The zero-order chi connectivity index (χ0) is 16.1. The van der Waals surface area contributed by atoms with E-state index in [2.05, 4.69) is 28.1 Å². The molecule has 2 atom stereocenters. The lowest BCUT2D eigenvalue weighted by molar-refractivity contribution is -0.131. The highest BCUT2D eigenvalue weighted by atomic mass is 16.2. The number of nitrogens with zero attached hydrogens (tertiary/aromatic N) is 4. The Morgan fingerprint density at radius 2 is 2.45 bits per heavy atom. The molecule has 1 heterocycles. The molecule has 1 amide bonds. The number of fused-ring (bicyclic) bond motifs is 1. The number of carbonyl (C=O) groups excluding carboxylic acids is 1. The highest BCUT2D eigenvalue weighted by Gasteiger charge is 2.27. The topological polar surface area (TPSA) is 74.0 Å². The Kier molecular flexibility index (Phi) is 5.56. The first-order valence-corrected chi connectivity index (χ1v) is 8.01. The minimum Gasteiger partial charge on any atom is -0.343 e. The lowest BCUT2D eigenvalue weighted by Crippen LogP contribution is -2.45. The summed E-state index contributed by atoms with van der Waals surface area (Å²) >= 11 is 0. The van der Waals surface area contributed by atoms with Crippen LogP contribution >= 0.6 is 0 Å². The van der Waals surface area contributed by atoms with Crippen LogP contribution < -0.4 is 5.32 Å². The van der Waals surface area contributed by atoms with Crippen LogP contribution in [-0.4, -0.2) is 40.2 Å². The Morgan fingerprint density at radius 3 is 3.14 bits per heavy atom. The van der Waals surface area contributed by atoms with Crippen molar-refractivity contribution in [1.82, 2.24) is 20.0 Å². The standard InChI is InChI=1S/C16H25N5O/c1-4-21-15-8-5-7-14(13(15)11-18-21)19-12(2)16(22)20(3)10-6-9-17/h11-12,14,19H,4-8,10H2,1-3H3/t12-,14+/m0/s1. The molecule has 0 aromatic carbocycles. The summed E-state index contributed by atoms with van der Waals surface area (Å²) in [6.45, 7) is 5.35. The molecule has 6 nitrogen and oxygen atoms in total. The molecular formula is C16H25N5O. The van der Waals surface area contributed by atoms with E-state index in [0.29, 0.717) is 13.0 Å². The predicted octanol–water partition coefficient (Wildman–Crippen LogP) is 1.63. The fraction of sp³-hybridized carbons (Fsp3) is 0.688. The molecule has 0 saturated carbocycles. The first-order valence-electron chi connectivity index (χ1n) is 8.01. The van der Waals surface area contributed by atoms with Crippen molar-refractivity contribution in [2.24, 2.45) is 0 Å². The Labute approximate surface area is 132 Å². The van der Waals surface area contributed by atoms with E-state index in [1.165, 1.54) is 11.3 Å². The Balaban J connectivity index is 2.01. The third-order valence-electron chi connectivity index (χ3n) is 4.32. The van der Waals surface area contributed by atoms with E-state index in [0.717, 1.165) is 25.8 Å². The zero-order valence-corrected chi connectivity index (χ0v) is 13.7. The van der Waals surface area contributed by atoms with Crippen molar-refractivity contribution in [1.29, 1.82) is 5.26 Å². The number of carbonyl (C=O) groups is 1. The average molecular weight is 303 g/mol. The second kappa shape index (κ2) is 7.41. The van der Waals surface area contributed by atoms with Gasteiger partial charge in [-0.2, -0.15) is 10.4 Å². The number of nitriles is 1. The summed E-state index contributed by atoms with van der Waals surface area (Å²) < 4.78 is 2.05. The molecule has 0 saturated heterocycles. The predicted molar refractivity (Wildman–Crippen MR) is 84.0 cm³/mol. The van der Waals surface area contributed by atoms with Gasteiger partial charge in [0, 0.05) is 37.4 Å². The summed E-state index contributed by atoms with van der Waals surface area (Å²) in [4.78, 5) is 14.0. The summed E-state index contributed by atoms with van der Waals surface area (Å²) in [5.74, 6) is 0.0326. The fourth-order valence-electron chi connectivity index (χ4n) is 3.10. The minimum absolute atomic E-state index is 0.0326. The number of nitrogens with one attached hydrogen (secondary N) is 1. The maximum atomic E-state index is 12.3. The van der Waals surface area contributed by atoms with Gasteiger partial charge in [-0.25, -0.2) is 0 Å². The van der Waals surface area contributed by atoms with Crippen molar-refractivity contribution in [2.45, 2.75) is 58.2 Å². The molecule has 1 N–H and O–H groups in total. The fourth-order valence-corrected chi connectivity index (χ4v) is 3.10. The summed E-state index contributed by atoms with van der Waals surface area (Å²) in [6, 6.07) is 2.00. The lowest BCUT2D eigenvalue weighted by Gasteiger charge is -2.29. The number of hydrogen-bond acceptors (Lipinski definition) is 4. The number of amides is 1. The third-order valence-corrected chi connectivity index (χ3v) is 4.32. The number of hydrogen-bond donors (Lipinski definition) is 1. The molecule has 0 fully saturated rings. The van der Waals surface area contributed by atoms with Crippen LogP contribution in [0.3, 0.4) is 0 Å². The normalized spacial score (nSPS) is 18.4. The van der Waals surface area contributed by atoms with Gasteiger partial charge in [0.2, 0.25) is 5.91 Å². The zero-order valence-electron chi connectivity index (χ0n) is 13.7. The average Bonchev–Trinajstić information content (AvgIpc) is 2.95. The minimum atomic E-state index is -0.260. The number of aryl methyl sites for hydroxylation is 1. The lowest BCUT2D eigenvalue weighted by atomic mass is 9.92.